The zero-order valence-electron chi connectivity index (χ0n) is 12.0. The Kier molecular flexibility index (Phi) is 5.10. The number of sulfone groups is 1. The number of hydrogen-bond acceptors (Lipinski definition) is 4. The van der Waals surface area contributed by atoms with Gasteiger partial charge >= 0.3 is 6.03 Å². The van der Waals surface area contributed by atoms with Crippen molar-refractivity contribution in [1.82, 2.24) is 0 Å². The lowest BCUT2D eigenvalue weighted by molar-refractivity contribution is 0.262. The molecule has 0 saturated heterocycles. The molecule has 2 rings (SSSR count). The van der Waals surface area contributed by atoms with Gasteiger partial charge in [0.05, 0.1) is 25.9 Å². The SMILES string of the molecule is CC(C)S(=O)(=O)c1csc(NC(=O)Nc2ccccc2Cl)c1. The molecule has 1 heterocycles. The van der Waals surface area contributed by atoms with Gasteiger partial charge in [-0.25, -0.2) is 13.2 Å². The maximum absolute atomic E-state index is 12.0. The van der Waals surface area contributed by atoms with E-state index in [1.54, 1.807) is 38.1 Å². The molecular formula is C14H15ClN2O3S2. The normalized spacial score (nSPS) is 11.5. The summed E-state index contributed by atoms with van der Waals surface area (Å²) in [6, 6.07) is 7.81. The van der Waals surface area contributed by atoms with E-state index in [0.29, 0.717) is 15.7 Å². The largest absolute Gasteiger partial charge is 0.324 e. The first-order valence-corrected chi connectivity index (χ1v) is 9.26. The Morgan fingerprint density at radius 3 is 2.55 bits per heavy atom. The Morgan fingerprint density at radius 2 is 1.91 bits per heavy atom. The number of urea groups is 1. The average molecular weight is 359 g/mol. The van der Waals surface area contributed by atoms with Crippen LogP contribution in [0.1, 0.15) is 13.8 Å². The minimum Gasteiger partial charge on any atom is -0.306 e. The monoisotopic (exact) mass is 358 g/mol. The van der Waals surface area contributed by atoms with Crippen molar-refractivity contribution in [2.75, 3.05) is 10.6 Å². The van der Waals surface area contributed by atoms with Gasteiger partial charge in [-0.15, -0.1) is 11.3 Å². The highest BCUT2D eigenvalue weighted by atomic mass is 35.5. The highest BCUT2D eigenvalue weighted by Crippen LogP contribution is 2.27. The molecule has 2 amide bonds. The Morgan fingerprint density at radius 1 is 1.23 bits per heavy atom. The smallest absolute Gasteiger partial charge is 0.306 e. The van der Waals surface area contributed by atoms with Gasteiger partial charge in [0.25, 0.3) is 0 Å². The van der Waals surface area contributed by atoms with Crippen molar-refractivity contribution in [2.45, 2.75) is 24.0 Å². The molecule has 0 radical (unpaired) electrons. The fourth-order valence-electron chi connectivity index (χ4n) is 1.63. The lowest BCUT2D eigenvalue weighted by Gasteiger charge is -2.07. The highest BCUT2D eigenvalue weighted by molar-refractivity contribution is 7.92. The van der Waals surface area contributed by atoms with E-state index in [0.717, 1.165) is 11.3 Å². The van der Waals surface area contributed by atoms with Crippen molar-refractivity contribution in [3.63, 3.8) is 0 Å². The van der Waals surface area contributed by atoms with Crippen LogP contribution in [0.3, 0.4) is 0 Å². The van der Waals surface area contributed by atoms with Crippen molar-refractivity contribution in [3.05, 3.63) is 40.7 Å². The van der Waals surface area contributed by atoms with Crippen LogP contribution in [-0.4, -0.2) is 19.7 Å². The molecule has 1 aromatic carbocycles. The molecule has 0 spiro atoms. The molecule has 0 bridgehead atoms. The van der Waals surface area contributed by atoms with Gasteiger partial charge in [-0.1, -0.05) is 23.7 Å². The van der Waals surface area contributed by atoms with Gasteiger partial charge in [0.2, 0.25) is 0 Å². The first-order chi connectivity index (χ1) is 10.3. The summed E-state index contributed by atoms with van der Waals surface area (Å²) in [6.07, 6.45) is 0. The zero-order valence-corrected chi connectivity index (χ0v) is 14.3. The number of carbonyl (C=O) groups excluding carboxylic acids is 1. The van der Waals surface area contributed by atoms with Crippen LogP contribution in [0.2, 0.25) is 5.02 Å². The van der Waals surface area contributed by atoms with Gasteiger partial charge in [0.15, 0.2) is 9.84 Å². The summed E-state index contributed by atoms with van der Waals surface area (Å²) in [5.41, 5.74) is 0.480. The number of thiophene rings is 1. The summed E-state index contributed by atoms with van der Waals surface area (Å²) >= 11 is 7.10. The van der Waals surface area contributed by atoms with E-state index in [2.05, 4.69) is 10.6 Å². The predicted octanol–water partition coefficient (Wildman–Crippen LogP) is 4.23. The first kappa shape index (κ1) is 16.8. The molecule has 0 aliphatic carbocycles. The van der Waals surface area contributed by atoms with Crippen LogP contribution in [-0.2, 0) is 9.84 Å². The van der Waals surface area contributed by atoms with Crippen LogP contribution in [0.25, 0.3) is 0 Å². The third-order valence-corrected chi connectivity index (χ3v) is 6.34. The maximum Gasteiger partial charge on any atom is 0.324 e. The standard InChI is InChI=1S/C14H15ClN2O3S2/c1-9(2)22(19,20)10-7-13(21-8-10)17-14(18)16-12-6-4-3-5-11(12)15/h3-9H,1-2H3,(H2,16,17,18). The molecule has 0 unspecified atom stereocenters. The second-order valence-electron chi connectivity index (χ2n) is 4.80. The molecule has 118 valence electrons. The molecule has 2 N–H and O–H groups in total. The second-order valence-corrected chi connectivity index (χ2v) is 8.62. The van der Waals surface area contributed by atoms with E-state index >= 15 is 0 Å². The Balaban J connectivity index is 2.08. The fourth-order valence-corrected chi connectivity index (χ4v) is 4.06. The number of hydrogen-bond donors (Lipinski definition) is 2. The number of para-hydroxylation sites is 1. The molecular weight excluding hydrogens is 344 g/mol. The van der Waals surface area contributed by atoms with E-state index < -0.39 is 21.1 Å². The number of rotatable bonds is 4. The van der Waals surface area contributed by atoms with Crippen LogP contribution in [0.4, 0.5) is 15.5 Å². The van der Waals surface area contributed by atoms with Crippen LogP contribution < -0.4 is 10.6 Å². The molecule has 0 aliphatic heterocycles. The van der Waals surface area contributed by atoms with Crippen molar-refractivity contribution in [3.8, 4) is 0 Å². The van der Waals surface area contributed by atoms with E-state index in [1.807, 2.05) is 0 Å². The van der Waals surface area contributed by atoms with Gasteiger partial charge in [-0.3, -0.25) is 5.32 Å². The Hall–Kier alpha value is -1.57. The number of benzene rings is 1. The summed E-state index contributed by atoms with van der Waals surface area (Å²) in [6.45, 7) is 3.23. The van der Waals surface area contributed by atoms with E-state index in [-0.39, 0.29) is 4.90 Å². The molecule has 0 fully saturated rings. The van der Waals surface area contributed by atoms with E-state index in [4.69, 9.17) is 11.6 Å². The number of halogens is 1. The highest BCUT2D eigenvalue weighted by Gasteiger charge is 2.21. The summed E-state index contributed by atoms with van der Waals surface area (Å²) in [5, 5.41) is 7.08. The zero-order chi connectivity index (χ0) is 16.3. The molecule has 2 aromatic rings. The maximum atomic E-state index is 12.0. The number of nitrogens with one attached hydrogen (secondary N) is 2. The average Bonchev–Trinajstić information content (AvgIpc) is 2.90. The fraction of sp³-hybridized carbons (Fsp3) is 0.214. The molecule has 5 nitrogen and oxygen atoms in total. The third-order valence-electron chi connectivity index (χ3n) is 2.88. The van der Waals surface area contributed by atoms with Crippen LogP contribution in [0.15, 0.2) is 40.6 Å². The number of amides is 2. The van der Waals surface area contributed by atoms with Crippen LogP contribution >= 0.6 is 22.9 Å². The lowest BCUT2D eigenvalue weighted by Crippen LogP contribution is -2.19. The summed E-state index contributed by atoms with van der Waals surface area (Å²) in [5.74, 6) is 0. The van der Waals surface area contributed by atoms with Gasteiger partial charge in [0, 0.05) is 5.38 Å². The minimum atomic E-state index is -3.34. The summed E-state index contributed by atoms with van der Waals surface area (Å²) in [7, 11) is -3.34. The van der Waals surface area contributed by atoms with Crippen molar-refractivity contribution < 1.29 is 13.2 Å². The molecule has 22 heavy (non-hydrogen) atoms. The summed E-state index contributed by atoms with van der Waals surface area (Å²) in [4.78, 5) is 12.1. The van der Waals surface area contributed by atoms with Gasteiger partial charge in [0.1, 0.15) is 0 Å². The number of anilines is 2. The molecule has 8 heteroatoms. The van der Waals surface area contributed by atoms with E-state index in [9.17, 15) is 13.2 Å². The van der Waals surface area contributed by atoms with Gasteiger partial charge in [-0.05, 0) is 32.0 Å². The minimum absolute atomic E-state index is 0.209. The van der Waals surface area contributed by atoms with Crippen molar-refractivity contribution in [1.29, 1.82) is 0 Å². The molecule has 0 atom stereocenters. The molecule has 0 aliphatic rings. The Labute approximate surface area is 138 Å². The van der Waals surface area contributed by atoms with Crippen LogP contribution in [0.5, 0.6) is 0 Å². The first-order valence-electron chi connectivity index (χ1n) is 6.45. The van der Waals surface area contributed by atoms with Crippen molar-refractivity contribution >= 4 is 49.5 Å². The number of carbonyl (C=O) groups is 1. The summed E-state index contributed by atoms with van der Waals surface area (Å²) < 4.78 is 24.1. The molecule has 0 saturated carbocycles. The van der Waals surface area contributed by atoms with Crippen LogP contribution in [0, 0.1) is 0 Å². The lowest BCUT2D eigenvalue weighted by atomic mass is 10.3. The second kappa shape index (κ2) is 6.68. The topological polar surface area (TPSA) is 75.3 Å². The van der Waals surface area contributed by atoms with E-state index in [1.165, 1.54) is 11.4 Å². The predicted molar refractivity (Wildman–Crippen MR) is 90.7 cm³/mol. The van der Waals surface area contributed by atoms with Gasteiger partial charge < -0.3 is 5.32 Å². The molecule has 1 aromatic heterocycles. The van der Waals surface area contributed by atoms with Gasteiger partial charge in [-0.2, -0.15) is 0 Å². The quantitative estimate of drug-likeness (QED) is 0.858. The Bertz CT molecular complexity index is 785. The van der Waals surface area contributed by atoms with Crippen molar-refractivity contribution in [2.24, 2.45) is 0 Å². The third kappa shape index (κ3) is 3.79.